The fourth-order valence-electron chi connectivity index (χ4n) is 6.03. The van der Waals surface area contributed by atoms with E-state index in [1.54, 1.807) is 23.0 Å². The van der Waals surface area contributed by atoms with Crippen LogP contribution in [0.1, 0.15) is 43.6 Å². The molecule has 0 saturated carbocycles. The van der Waals surface area contributed by atoms with Gasteiger partial charge in [0.1, 0.15) is 18.4 Å². The Morgan fingerprint density at radius 1 is 0.963 bits per heavy atom. The smallest absolute Gasteiger partial charge is 0.247 e. The number of hydrogen-bond acceptors (Lipinski definition) is 15. The van der Waals surface area contributed by atoms with Crippen LogP contribution in [0, 0.1) is 18.3 Å². The number of anilines is 3. The highest BCUT2D eigenvalue weighted by Crippen LogP contribution is 2.26. The van der Waals surface area contributed by atoms with Gasteiger partial charge in [-0.05, 0) is 30.0 Å². The number of amides is 1. The van der Waals surface area contributed by atoms with Gasteiger partial charge < -0.3 is 49.8 Å². The van der Waals surface area contributed by atoms with Crippen molar-refractivity contribution in [3.05, 3.63) is 41.7 Å². The summed E-state index contributed by atoms with van der Waals surface area (Å²) >= 11 is 0. The van der Waals surface area contributed by atoms with Crippen molar-refractivity contribution in [2.24, 2.45) is 11.7 Å². The molecular weight excluding hydrogens is 718 g/mol. The monoisotopic (exact) mass is 771 g/mol. The van der Waals surface area contributed by atoms with Gasteiger partial charge in [0.2, 0.25) is 23.8 Å². The average Bonchev–Trinajstić information content (AvgIpc) is 3.68. The number of aromatic nitrogens is 6. The van der Waals surface area contributed by atoms with E-state index in [1.807, 2.05) is 17.0 Å². The van der Waals surface area contributed by atoms with Crippen LogP contribution in [0.2, 0.25) is 0 Å². The molecule has 1 aromatic carbocycles. The van der Waals surface area contributed by atoms with Crippen molar-refractivity contribution in [3.63, 3.8) is 0 Å². The van der Waals surface area contributed by atoms with Crippen LogP contribution in [-0.2, 0) is 30.2 Å². The summed E-state index contributed by atoms with van der Waals surface area (Å²) in [5.74, 6) is 4.24. The molecule has 54 heavy (non-hydrogen) atoms. The lowest BCUT2D eigenvalue weighted by atomic mass is 9.97. The first-order valence-electron chi connectivity index (χ1n) is 18.3. The summed E-state index contributed by atoms with van der Waals surface area (Å²) in [4.78, 5) is 34.5. The predicted octanol–water partition coefficient (Wildman–Crippen LogP) is 1.70. The van der Waals surface area contributed by atoms with E-state index in [2.05, 4.69) is 45.2 Å². The third-order valence-corrected chi connectivity index (χ3v) is 9.26. The Labute approximate surface area is 323 Å². The predicted molar refractivity (Wildman–Crippen MR) is 206 cm³/mol. The van der Waals surface area contributed by atoms with Gasteiger partial charge in [-0.25, -0.2) is 4.68 Å². The van der Waals surface area contributed by atoms with Gasteiger partial charge in [0.05, 0.1) is 64.2 Å². The summed E-state index contributed by atoms with van der Waals surface area (Å²) in [6, 6.07) is 6.01. The highest BCUT2D eigenvalue weighted by molar-refractivity contribution is 5.85. The molecule has 3 atom stereocenters. The fourth-order valence-corrected chi connectivity index (χ4v) is 6.03. The maximum Gasteiger partial charge on any atom is 0.247 e. The van der Waals surface area contributed by atoms with Crippen LogP contribution >= 0.6 is 12.4 Å². The van der Waals surface area contributed by atoms with Crippen LogP contribution in [-0.4, -0.2) is 145 Å². The molecule has 0 spiro atoms. The molecule has 5 rings (SSSR count). The number of piperazine rings is 1. The molecule has 2 aliphatic heterocycles. The van der Waals surface area contributed by atoms with Crippen LogP contribution in [0.15, 0.2) is 30.5 Å². The third kappa shape index (κ3) is 12.4. The number of ether oxygens (including phenoxy) is 4. The molecule has 2 fully saturated rings. The molecule has 0 bridgehead atoms. The summed E-state index contributed by atoms with van der Waals surface area (Å²) in [5.41, 5.74) is 8.07. The van der Waals surface area contributed by atoms with Crippen LogP contribution in [0.4, 0.5) is 17.8 Å². The number of benzene rings is 1. The van der Waals surface area contributed by atoms with Crippen molar-refractivity contribution in [2.75, 3.05) is 114 Å². The second-order valence-electron chi connectivity index (χ2n) is 13.0. The van der Waals surface area contributed by atoms with E-state index < -0.39 is 12.1 Å². The highest BCUT2D eigenvalue weighted by atomic mass is 35.5. The Morgan fingerprint density at radius 2 is 1.59 bits per heavy atom. The molecule has 0 unspecified atom stereocenters. The first-order chi connectivity index (χ1) is 25.9. The topological polar surface area (TPSA) is 191 Å². The summed E-state index contributed by atoms with van der Waals surface area (Å²) in [6.07, 6.45) is 8.27. The normalized spacial score (nSPS) is 16.3. The number of phenolic OH excluding ortho intramolecular Hbond substituents is 1. The van der Waals surface area contributed by atoms with Crippen LogP contribution < -0.4 is 20.9 Å². The summed E-state index contributed by atoms with van der Waals surface area (Å²) in [5, 5.41) is 21.6. The van der Waals surface area contributed by atoms with E-state index in [9.17, 15) is 9.90 Å². The number of carbonyl (C=O) groups excluding carboxylic acids is 1. The molecule has 0 radical (unpaired) electrons. The van der Waals surface area contributed by atoms with Crippen molar-refractivity contribution in [2.45, 2.75) is 38.8 Å². The van der Waals surface area contributed by atoms with E-state index >= 15 is 0 Å². The number of rotatable bonds is 20. The van der Waals surface area contributed by atoms with Crippen molar-refractivity contribution in [1.29, 1.82) is 0 Å². The number of morpholine rings is 1. The van der Waals surface area contributed by atoms with E-state index in [-0.39, 0.29) is 36.6 Å². The van der Waals surface area contributed by atoms with Gasteiger partial charge in [-0.1, -0.05) is 43.5 Å². The zero-order valence-corrected chi connectivity index (χ0v) is 32.0. The number of hydrogen-bond donors (Lipinski definition) is 3. The van der Waals surface area contributed by atoms with E-state index in [0.29, 0.717) is 122 Å². The van der Waals surface area contributed by atoms with Gasteiger partial charge in [0, 0.05) is 45.8 Å². The number of terminal acetylenes is 1. The minimum absolute atomic E-state index is 0. The Bertz CT molecular complexity index is 1600. The molecule has 17 nitrogen and oxygen atoms in total. The van der Waals surface area contributed by atoms with Crippen LogP contribution in [0.25, 0.3) is 0 Å². The van der Waals surface area contributed by atoms with Crippen LogP contribution in [0.5, 0.6) is 5.75 Å². The molecule has 4 N–H and O–H groups in total. The maximum atomic E-state index is 14.1. The Hall–Kier alpha value is -4.31. The number of aromatic hydroxyl groups is 1. The molecule has 4 heterocycles. The van der Waals surface area contributed by atoms with Crippen molar-refractivity contribution in [3.8, 4) is 18.1 Å². The molecule has 0 aliphatic carbocycles. The number of phenols is 1. The lowest BCUT2D eigenvalue weighted by Crippen LogP contribution is -2.52. The van der Waals surface area contributed by atoms with Gasteiger partial charge in [-0.3, -0.25) is 4.79 Å². The zero-order valence-electron chi connectivity index (χ0n) is 31.2. The molecule has 1 amide bonds. The van der Waals surface area contributed by atoms with E-state index in [4.69, 9.17) is 46.1 Å². The van der Waals surface area contributed by atoms with Gasteiger partial charge in [0.25, 0.3) is 0 Å². The van der Waals surface area contributed by atoms with Crippen molar-refractivity contribution >= 4 is 36.2 Å². The standard InChI is InChI=1S/C36H53N11O6.ClH/c1-4-17-50-21-23-53-24-22-51-18-10-38-34-39-35(41-36(40-34)46-15-19-52-20-16-46)45-13-11-44(12-14-45)33(49)32(27(3)5-2)47-26-31(42-43-47)30(37)25-28-6-8-29(48)9-7-28;/h1,6-9,26-27,30,32,48H,5,10-25,37H2,2-3H3,(H,38,39,40,41);1H/t27-,30-,32-;/m0./s1. The first-order valence-corrected chi connectivity index (χ1v) is 18.3. The minimum Gasteiger partial charge on any atom is -0.508 e. The fraction of sp³-hybridized carbons (Fsp3) is 0.611. The summed E-state index contributed by atoms with van der Waals surface area (Å²) < 4.78 is 23.6. The zero-order chi connectivity index (χ0) is 37.4. The number of nitrogens with zero attached hydrogens (tertiary/aromatic N) is 9. The number of nitrogens with one attached hydrogen (secondary N) is 1. The quantitative estimate of drug-likeness (QED) is 0.111. The summed E-state index contributed by atoms with van der Waals surface area (Å²) in [6.45, 7) is 11.9. The largest absolute Gasteiger partial charge is 0.508 e. The second kappa shape index (κ2) is 22.2. The maximum absolute atomic E-state index is 14.1. The van der Waals surface area contributed by atoms with E-state index in [1.165, 1.54) is 0 Å². The molecular formula is C36H54ClN11O6. The minimum atomic E-state index is -0.517. The first kappa shape index (κ1) is 42.4. The van der Waals surface area contributed by atoms with Crippen molar-refractivity contribution < 1.29 is 28.8 Å². The average molecular weight is 772 g/mol. The lowest BCUT2D eigenvalue weighted by molar-refractivity contribution is -0.137. The van der Waals surface area contributed by atoms with Crippen LogP contribution in [0.3, 0.4) is 0 Å². The Morgan fingerprint density at radius 3 is 2.24 bits per heavy atom. The third-order valence-electron chi connectivity index (χ3n) is 9.26. The van der Waals surface area contributed by atoms with E-state index in [0.717, 1.165) is 12.0 Å². The summed E-state index contributed by atoms with van der Waals surface area (Å²) in [7, 11) is 0. The van der Waals surface area contributed by atoms with Gasteiger partial charge in [-0.2, -0.15) is 15.0 Å². The molecule has 3 aromatic rings. The number of nitrogens with two attached hydrogens (primary N) is 1. The van der Waals surface area contributed by atoms with Gasteiger partial charge >= 0.3 is 0 Å². The van der Waals surface area contributed by atoms with Crippen molar-refractivity contribution in [1.82, 2.24) is 34.8 Å². The SMILES string of the molecule is C#CCOCCOCCOCCNc1nc(N2CCOCC2)nc(N2CCN(C(=O)[C@H]([C@@H](C)CC)n3cc([C@@H](N)Cc4ccc(O)cc4)nn3)CC2)n1.Cl. The Kier molecular flexibility index (Phi) is 17.4. The highest BCUT2D eigenvalue weighted by Gasteiger charge is 2.34. The van der Waals surface area contributed by atoms with Gasteiger partial charge in [0.15, 0.2) is 0 Å². The number of carbonyl (C=O) groups is 1. The molecule has 2 aromatic heterocycles. The Balaban J connectivity index is 0.00000650. The molecule has 296 valence electrons. The number of halogens is 1. The second-order valence-corrected chi connectivity index (χ2v) is 13.0. The molecule has 2 aliphatic rings. The lowest BCUT2D eigenvalue weighted by Gasteiger charge is -2.37. The van der Waals surface area contributed by atoms with Gasteiger partial charge in [-0.15, -0.1) is 23.9 Å². The molecule has 18 heteroatoms. The molecule has 2 saturated heterocycles.